The van der Waals surface area contributed by atoms with Crippen LogP contribution in [0.4, 0.5) is 0 Å². The summed E-state index contributed by atoms with van der Waals surface area (Å²) in [6, 6.07) is 16.1. The lowest BCUT2D eigenvalue weighted by molar-refractivity contribution is 0.0730. The summed E-state index contributed by atoms with van der Waals surface area (Å²) in [5, 5.41) is 1.45. The topological polar surface area (TPSA) is 36.7 Å². The maximum Gasteiger partial charge on any atom is 0.289 e. The van der Waals surface area contributed by atoms with E-state index in [2.05, 4.69) is 29.2 Å². The minimum atomic E-state index is -0.0404. The summed E-state index contributed by atoms with van der Waals surface area (Å²) >= 11 is 6.23. The van der Waals surface area contributed by atoms with Crippen LogP contribution in [0.15, 0.2) is 52.9 Å². The molecule has 1 fully saturated rings. The van der Waals surface area contributed by atoms with E-state index in [1.165, 1.54) is 5.56 Å². The number of carbonyl (C=O) groups is 1. The first-order chi connectivity index (χ1) is 13.1. The lowest BCUT2D eigenvalue weighted by Gasteiger charge is -2.21. The van der Waals surface area contributed by atoms with E-state index in [4.69, 9.17) is 16.0 Å². The van der Waals surface area contributed by atoms with Gasteiger partial charge in [0.2, 0.25) is 0 Å². The molecule has 140 valence electrons. The Morgan fingerprint density at radius 3 is 2.63 bits per heavy atom. The predicted octanol–water partition coefficient (Wildman–Crippen LogP) is 4.74. The lowest BCUT2D eigenvalue weighted by atomic mass is 10.1. The SMILES string of the molecule is Cc1c(C(=O)N2CCCN(Cc3ccccc3)CC2)oc2c(Cl)cccc12. The molecule has 0 radical (unpaired) electrons. The van der Waals surface area contributed by atoms with Crippen molar-refractivity contribution in [3.8, 4) is 0 Å². The Morgan fingerprint density at radius 1 is 1.04 bits per heavy atom. The van der Waals surface area contributed by atoms with Gasteiger partial charge in [-0.05, 0) is 25.0 Å². The van der Waals surface area contributed by atoms with Gasteiger partial charge in [-0.1, -0.05) is 54.1 Å². The fraction of sp³-hybridized carbons (Fsp3) is 0.318. The Labute approximate surface area is 164 Å². The lowest BCUT2D eigenvalue weighted by Crippen LogP contribution is -2.35. The minimum absolute atomic E-state index is 0.0404. The number of aryl methyl sites for hydroxylation is 1. The van der Waals surface area contributed by atoms with Crippen molar-refractivity contribution in [2.75, 3.05) is 26.2 Å². The molecule has 5 heteroatoms. The monoisotopic (exact) mass is 382 g/mol. The smallest absolute Gasteiger partial charge is 0.289 e. The number of nitrogens with zero attached hydrogens (tertiary/aromatic N) is 2. The van der Waals surface area contributed by atoms with E-state index in [1.54, 1.807) is 6.07 Å². The Morgan fingerprint density at radius 2 is 1.85 bits per heavy atom. The van der Waals surface area contributed by atoms with E-state index in [1.807, 2.05) is 30.0 Å². The minimum Gasteiger partial charge on any atom is -0.449 e. The van der Waals surface area contributed by atoms with Gasteiger partial charge in [0.15, 0.2) is 11.3 Å². The van der Waals surface area contributed by atoms with E-state index in [0.29, 0.717) is 22.9 Å². The average molecular weight is 383 g/mol. The molecule has 1 saturated heterocycles. The summed E-state index contributed by atoms with van der Waals surface area (Å²) in [5.41, 5.74) is 2.77. The third-order valence-corrected chi connectivity index (χ3v) is 5.53. The number of hydrogen-bond donors (Lipinski definition) is 0. The number of fused-ring (bicyclic) bond motifs is 1. The van der Waals surface area contributed by atoms with Crippen molar-refractivity contribution >= 4 is 28.5 Å². The first kappa shape index (κ1) is 18.1. The highest BCUT2D eigenvalue weighted by atomic mass is 35.5. The maximum atomic E-state index is 13.1. The average Bonchev–Trinajstić information content (AvgIpc) is 2.86. The molecule has 1 aromatic heterocycles. The molecule has 1 aliphatic rings. The van der Waals surface area contributed by atoms with Gasteiger partial charge >= 0.3 is 0 Å². The fourth-order valence-corrected chi connectivity index (χ4v) is 3.94. The molecule has 27 heavy (non-hydrogen) atoms. The Balaban J connectivity index is 1.48. The number of para-hydroxylation sites is 1. The molecule has 2 heterocycles. The Hall–Kier alpha value is -2.30. The van der Waals surface area contributed by atoms with Crippen molar-refractivity contribution in [2.45, 2.75) is 19.9 Å². The van der Waals surface area contributed by atoms with Crippen LogP contribution in [0.1, 0.15) is 28.1 Å². The first-order valence-electron chi connectivity index (χ1n) is 9.36. The van der Waals surface area contributed by atoms with Gasteiger partial charge in [0.25, 0.3) is 5.91 Å². The zero-order chi connectivity index (χ0) is 18.8. The summed E-state index contributed by atoms with van der Waals surface area (Å²) in [5.74, 6) is 0.371. The Kier molecular flexibility index (Phi) is 5.19. The number of benzene rings is 2. The van der Waals surface area contributed by atoms with Crippen molar-refractivity contribution in [3.05, 3.63) is 70.4 Å². The summed E-state index contributed by atoms with van der Waals surface area (Å²) in [7, 11) is 0. The zero-order valence-corrected chi connectivity index (χ0v) is 16.2. The van der Waals surface area contributed by atoms with Crippen LogP contribution >= 0.6 is 11.6 Å². The number of hydrogen-bond acceptors (Lipinski definition) is 3. The molecule has 0 saturated carbocycles. The van der Waals surface area contributed by atoms with Crippen LogP contribution < -0.4 is 0 Å². The summed E-state index contributed by atoms with van der Waals surface area (Å²) < 4.78 is 5.87. The third kappa shape index (κ3) is 3.73. The van der Waals surface area contributed by atoms with Crippen LogP contribution in [0.3, 0.4) is 0 Å². The van der Waals surface area contributed by atoms with E-state index < -0.39 is 0 Å². The molecule has 0 atom stereocenters. The number of carbonyl (C=O) groups excluding carboxylic acids is 1. The standard InChI is InChI=1S/C22H23ClN2O2/c1-16-18-9-5-10-19(23)21(18)27-20(16)22(26)25-12-6-11-24(13-14-25)15-17-7-3-2-4-8-17/h2-5,7-10H,6,11-15H2,1H3. The number of halogens is 1. The van der Waals surface area contributed by atoms with Gasteiger partial charge < -0.3 is 9.32 Å². The van der Waals surface area contributed by atoms with E-state index in [0.717, 1.165) is 43.5 Å². The molecule has 1 aliphatic heterocycles. The summed E-state index contributed by atoms with van der Waals surface area (Å²) in [4.78, 5) is 17.4. The molecular formula is C22H23ClN2O2. The fourth-order valence-electron chi connectivity index (χ4n) is 3.73. The highest BCUT2D eigenvalue weighted by Crippen LogP contribution is 2.31. The van der Waals surface area contributed by atoms with Crippen molar-refractivity contribution in [2.24, 2.45) is 0 Å². The summed E-state index contributed by atoms with van der Waals surface area (Å²) in [6.45, 7) is 6.14. The van der Waals surface area contributed by atoms with Crippen molar-refractivity contribution in [1.29, 1.82) is 0 Å². The molecule has 0 unspecified atom stereocenters. The second-order valence-corrected chi connectivity index (χ2v) is 7.49. The zero-order valence-electron chi connectivity index (χ0n) is 15.5. The van der Waals surface area contributed by atoms with Crippen LogP contribution in [0.25, 0.3) is 11.0 Å². The molecule has 0 spiro atoms. The predicted molar refractivity (Wildman–Crippen MR) is 108 cm³/mol. The first-order valence-corrected chi connectivity index (χ1v) is 9.74. The molecular weight excluding hydrogens is 360 g/mol. The largest absolute Gasteiger partial charge is 0.449 e. The number of amides is 1. The Bertz CT molecular complexity index is 952. The normalized spacial score (nSPS) is 15.9. The molecule has 0 bridgehead atoms. The molecule has 1 amide bonds. The van der Waals surface area contributed by atoms with Crippen LogP contribution in [-0.4, -0.2) is 41.9 Å². The highest BCUT2D eigenvalue weighted by molar-refractivity contribution is 6.35. The van der Waals surface area contributed by atoms with Crippen molar-refractivity contribution in [3.63, 3.8) is 0 Å². The van der Waals surface area contributed by atoms with Gasteiger partial charge in [0, 0.05) is 43.7 Å². The van der Waals surface area contributed by atoms with E-state index in [9.17, 15) is 4.79 Å². The number of furan rings is 1. The van der Waals surface area contributed by atoms with Gasteiger partial charge in [0.05, 0.1) is 5.02 Å². The van der Waals surface area contributed by atoms with Gasteiger partial charge in [-0.15, -0.1) is 0 Å². The quantitative estimate of drug-likeness (QED) is 0.656. The van der Waals surface area contributed by atoms with E-state index >= 15 is 0 Å². The highest BCUT2D eigenvalue weighted by Gasteiger charge is 2.26. The number of rotatable bonds is 3. The van der Waals surface area contributed by atoms with E-state index in [-0.39, 0.29) is 5.91 Å². The van der Waals surface area contributed by atoms with Crippen molar-refractivity contribution < 1.29 is 9.21 Å². The maximum absolute atomic E-state index is 13.1. The van der Waals surface area contributed by atoms with Crippen LogP contribution in [0, 0.1) is 6.92 Å². The molecule has 0 aliphatic carbocycles. The van der Waals surface area contributed by atoms with Gasteiger partial charge in [-0.25, -0.2) is 0 Å². The second kappa shape index (κ2) is 7.75. The van der Waals surface area contributed by atoms with Gasteiger partial charge in [0.1, 0.15) is 0 Å². The molecule has 4 nitrogen and oxygen atoms in total. The summed E-state index contributed by atoms with van der Waals surface area (Å²) in [6.07, 6.45) is 0.957. The third-order valence-electron chi connectivity index (χ3n) is 5.23. The second-order valence-electron chi connectivity index (χ2n) is 7.08. The van der Waals surface area contributed by atoms with Crippen molar-refractivity contribution in [1.82, 2.24) is 9.80 Å². The molecule has 0 N–H and O–H groups in total. The molecule has 3 aromatic rings. The van der Waals surface area contributed by atoms with Crippen LogP contribution in [-0.2, 0) is 6.54 Å². The van der Waals surface area contributed by atoms with Crippen LogP contribution in [0.2, 0.25) is 5.02 Å². The van der Waals surface area contributed by atoms with Gasteiger partial charge in [-0.2, -0.15) is 0 Å². The van der Waals surface area contributed by atoms with Crippen LogP contribution in [0.5, 0.6) is 0 Å². The molecule has 2 aromatic carbocycles. The molecule has 4 rings (SSSR count). The van der Waals surface area contributed by atoms with Gasteiger partial charge in [-0.3, -0.25) is 9.69 Å².